The smallest absolute Gasteiger partial charge is 0.326 e. The van der Waals surface area contributed by atoms with Gasteiger partial charge in [0.05, 0.1) is 13.0 Å². The van der Waals surface area contributed by atoms with Crippen LogP contribution in [0.3, 0.4) is 0 Å². The van der Waals surface area contributed by atoms with Crippen molar-refractivity contribution in [3.05, 3.63) is 0 Å². The normalized spacial score (nSPS) is 22.7. The summed E-state index contributed by atoms with van der Waals surface area (Å²) in [4.78, 5) is 35.8. The molecule has 0 spiro atoms. The maximum absolute atomic E-state index is 11.8. The number of methoxy groups -OCH3 is 1. The predicted octanol–water partition coefficient (Wildman–Crippen LogP) is 0.507. The lowest BCUT2D eigenvalue weighted by atomic mass is 9.98. The topological polar surface area (TPSA) is 83.9 Å². The van der Waals surface area contributed by atoms with Gasteiger partial charge in [0.15, 0.2) is 0 Å². The third-order valence-corrected chi connectivity index (χ3v) is 3.46. The zero-order valence-corrected chi connectivity index (χ0v) is 10.9. The Labute approximate surface area is 106 Å². The standard InChI is InChI=1S/C12H19NO5/c1-4-7(2)10(11(15)16)13-6-8(5-9(13)14)12(17)18-3/h7-8,10H,4-6H2,1-3H3,(H,15,16)/t7-,8?,10+/m0/s1. The lowest BCUT2D eigenvalue weighted by Gasteiger charge is -2.28. The molecule has 1 aliphatic rings. The molecule has 0 radical (unpaired) electrons. The van der Waals surface area contributed by atoms with Crippen LogP contribution in [-0.2, 0) is 19.1 Å². The number of aliphatic carboxylic acids is 1. The quantitative estimate of drug-likeness (QED) is 0.725. The first-order valence-electron chi connectivity index (χ1n) is 6.02. The number of likely N-dealkylation sites (tertiary alicyclic amines) is 1. The highest BCUT2D eigenvalue weighted by Crippen LogP contribution is 2.25. The highest BCUT2D eigenvalue weighted by atomic mass is 16.5. The lowest BCUT2D eigenvalue weighted by Crippen LogP contribution is -2.46. The van der Waals surface area contributed by atoms with Crippen LogP contribution in [0, 0.1) is 11.8 Å². The second-order valence-corrected chi connectivity index (χ2v) is 4.64. The second-order valence-electron chi connectivity index (χ2n) is 4.64. The maximum atomic E-state index is 11.8. The number of ether oxygens (including phenoxy) is 1. The van der Waals surface area contributed by atoms with E-state index in [9.17, 15) is 19.5 Å². The van der Waals surface area contributed by atoms with E-state index in [1.54, 1.807) is 6.92 Å². The molecule has 0 saturated carbocycles. The molecular weight excluding hydrogens is 238 g/mol. The lowest BCUT2D eigenvalue weighted by molar-refractivity contribution is -0.151. The van der Waals surface area contributed by atoms with Crippen LogP contribution >= 0.6 is 0 Å². The first-order valence-corrected chi connectivity index (χ1v) is 6.02. The molecule has 6 heteroatoms. The summed E-state index contributed by atoms with van der Waals surface area (Å²) in [7, 11) is 1.26. The van der Waals surface area contributed by atoms with Crippen molar-refractivity contribution in [3.63, 3.8) is 0 Å². The van der Waals surface area contributed by atoms with Crippen LogP contribution in [0.15, 0.2) is 0 Å². The minimum atomic E-state index is -1.02. The van der Waals surface area contributed by atoms with Crippen LogP contribution in [0.2, 0.25) is 0 Å². The summed E-state index contributed by atoms with van der Waals surface area (Å²) in [5, 5.41) is 9.22. The van der Waals surface area contributed by atoms with Gasteiger partial charge in [0.1, 0.15) is 6.04 Å². The van der Waals surface area contributed by atoms with Gasteiger partial charge >= 0.3 is 11.9 Å². The van der Waals surface area contributed by atoms with Gasteiger partial charge in [0, 0.05) is 13.0 Å². The van der Waals surface area contributed by atoms with E-state index >= 15 is 0 Å². The van der Waals surface area contributed by atoms with Crippen molar-refractivity contribution in [2.75, 3.05) is 13.7 Å². The van der Waals surface area contributed by atoms with Gasteiger partial charge in [-0.1, -0.05) is 20.3 Å². The molecule has 102 valence electrons. The molecule has 1 heterocycles. The van der Waals surface area contributed by atoms with Crippen molar-refractivity contribution < 1.29 is 24.2 Å². The minimum Gasteiger partial charge on any atom is -0.480 e. The first-order chi connectivity index (χ1) is 8.42. The molecule has 1 unspecified atom stereocenters. The summed E-state index contributed by atoms with van der Waals surface area (Å²) < 4.78 is 4.59. The molecule has 3 atom stereocenters. The average molecular weight is 257 g/mol. The Bertz CT molecular complexity index is 354. The van der Waals surface area contributed by atoms with Crippen molar-refractivity contribution in [2.45, 2.75) is 32.7 Å². The van der Waals surface area contributed by atoms with Crippen LogP contribution in [0.1, 0.15) is 26.7 Å². The number of esters is 1. The fraction of sp³-hybridized carbons (Fsp3) is 0.750. The van der Waals surface area contributed by atoms with Crippen LogP contribution in [0.5, 0.6) is 0 Å². The van der Waals surface area contributed by atoms with E-state index < -0.39 is 23.9 Å². The fourth-order valence-corrected chi connectivity index (χ4v) is 2.23. The molecule has 0 aromatic heterocycles. The molecule has 1 saturated heterocycles. The number of carbonyl (C=O) groups excluding carboxylic acids is 2. The predicted molar refractivity (Wildman–Crippen MR) is 62.7 cm³/mol. The molecule has 0 bridgehead atoms. The van der Waals surface area contributed by atoms with Gasteiger partial charge in [-0.05, 0) is 5.92 Å². The Morgan fingerprint density at radius 2 is 2.17 bits per heavy atom. The molecule has 0 aromatic carbocycles. The maximum Gasteiger partial charge on any atom is 0.326 e. The van der Waals surface area contributed by atoms with Gasteiger partial charge in [-0.25, -0.2) is 4.79 Å². The third kappa shape index (κ3) is 2.80. The molecule has 18 heavy (non-hydrogen) atoms. The number of carboxylic acid groups (broad SMARTS) is 1. The van der Waals surface area contributed by atoms with Crippen LogP contribution < -0.4 is 0 Å². The Morgan fingerprint density at radius 3 is 2.61 bits per heavy atom. The Kier molecular flexibility index (Phi) is 4.69. The summed E-state index contributed by atoms with van der Waals surface area (Å²) in [6.07, 6.45) is 0.691. The fourth-order valence-electron chi connectivity index (χ4n) is 2.23. The highest BCUT2D eigenvalue weighted by Gasteiger charge is 2.42. The van der Waals surface area contributed by atoms with Crippen LogP contribution in [0.25, 0.3) is 0 Å². The molecule has 1 rings (SSSR count). The second kappa shape index (κ2) is 5.84. The molecule has 1 amide bonds. The third-order valence-electron chi connectivity index (χ3n) is 3.46. The van der Waals surface area contributed by atoms with Gasteiger partial charge in [-0.2, -0.15) is 0 Å². The molecular formula is C12H19NO5. The largest absolute Gasteiger partial charge is 0.480 e. The Hall–Kier alpha value is -1.59. The van der Waals surface area contributed by atoms with Crippen molar-refractivity contribution in [1.29, 1.82) is 0 Å². The molecule has 6 nitrogen and oxygen atoms in total. The number of hydrogen-bond donors (Lipinski definition) is 1. The number of carboxylic acids is 1. The zero-order chi connectivity index (χ0) is 13.9. The van der Waals surface area contributed by atoms with E-state index in [1.165, 1.54) is 12.0 Å². The summed E-state index contributed by atoms with van der Waals surface area (Å²) >= 11 is 0. The van der Waals surface area contributed by atoms with Crippen molar-refractivity contribution in [3.8, 4) is 0 Å². The Morgan fingerprint density at radius 1 is 1.56 bits per heavy atom. The van der Waals surface area contributed by atoms with E-state index in [0.717, 1.165) is 0 Å². The monoisotopic (exact) mass is 257 g/mol. The summed E-state index contributed by atoms with van der Waals surface area (Å²) in [6.45, 7) is 3.79. The number of nitrogens with zero attached hydrogens (tertiary/aromatic N) is 1. The van der Waals surface area contributed by atoms with Crippen molar-refractivity contribution in [1.82, 2.24) is 4.90 Å². The molecule has 1 aliphatic heterocycles. The van der Waals surface area contributed by atoms with Gasteiger partial charge in [-0.3, -0.25) is 9.59 Å². The van der Waals surface area contributed by atoms with E-state index in [1.807, 2.05) is 6.92 Å². The summed E-state index contributed by atoms with van der Waals surface area (Å²) in [6, 6.07) is -0.864. The van der Waals surface area contributed by atoms with E-state index in [2.05, 4.69) is 4.74 Å². The van der Waals surface area contributed by atoms with Crippen molar-refractivity contribution >= 4 is 17.8 Å². The van der Waals surface area contributed by atoms with Crippen LogP contribution in [-0.4, -0.2) is 47.5 Å². The highest BCUT2D eigenvalue weighted by molar-refractivity contribution is 5.90. The van der Waals surface area contributed by atoms with Crippen LogP contribution in [0.4, 0.5) is 0 Å². The zero-order valence-electron chi connectivity index (χ0n) is 10.9. The number of carbonyl (C=O) groups is 3. The number of rotatable bonds is 5. The molecule has 1 fully saturated rings. The van der Waals surface area contributed by atoms with Gasteiger partial charge < -0.3 is 14.7 Å². The van der Waals surface area contributed by atoms with Gasteiger partial charge in [-0.15, -0.1) is 0 Å². The first kappa shape index (κ1) is 14.5. The van der Waals surface area contributed by atoms with Gasteiger partial charge in [0.2, 0.25) is 5.91 Å². The SMILES string of the molecule is CC[C@H](C)[C@H](C(=O)O)N1CC(C(=O)OC)CC1=O. The summed E-state index contributed by atoms with van der Waals surface area (Å²) in [5.74, 6) is -2.48. The average Bonchev–Trinajstić information content (AvgIpc) is 2.70. The Balaban J connectivity index is 2.85. The molecule has 1 N–H and O–H groups in total. The van der Waals surface area contributed by atoms with Crippen molar-refractivity contribution in [2.24, 2.45) is 11.8 Å². The number of amides is 1. The number of hydrogen-bond acceptors (Lipinski definition) is 4. The van der Waals surface area contributed by atoms with E-state index in [0.29, 0.717) is 6.42 Å². The molecule has 0 aliphatic carbocycles. The molecule has 0 aromatic rings. The summed E-state index contributed by atoms with van der Waals surface area (Å²) in [5.41, 5.74) is 0. The van der Waals surface area contributed by atoms with E-state index in [4.69, 9.17) is 0 Å². The minimum absolute atomic E-state index is 0.0346. The van der Waals surface area contributed by atoms with Gasteiger partial charge in [0.25, 0.3) is 0 Å². The van der Waals surface area contributed by atoms with E-state index in [-0.39, 0.29) is 24.8 Å².